The van der Waals surface area contributed by atoms with E-state index in [0.717, 1.165) is 25.1 Å². The van der Waals surface area contributed by atoms with Gasteiger partial charge in [0.15, 0.2) is 11.3 Å². The summed E-state index contributed by atoms with van der Waals surface area (Å²) in [6.07, 6.45) is -1.73. The topological polar surface area (TPSA) is 59.7 Å². The van der Waals surface area contributed by atoms with Crippen molar-refractivity contribution in [1.82, 2.24) is 19.5 Å². The van der Waals surface area contributed by atoms with Crippen molar-refractivity contribution in [3.05, 3.63) is 47.8 Å². The van der Waals surface area contributed by atoms with Gasteiger partial charge < -0.3 is 9.64 Å². The zero-order chi connectivity index (χ0) is 19.9. The van der Waals surface area contributed by atoms with Crippen LogP contribution in [-0.4, -0.2) is 45.6 Å². The molecular formula is C19H17F3N4O2. The summed E-state index contributed by atoms with van der Waals surface area (Å²) in [6.45, 7) is 1.17. The Labute approximate surface area is 158 Å². The number of carbonyl (C=O) groups excluding carboxylic acids is 1. The second kappa shape index (κ2) is 6.81. The van der Waals surface area contributed by atoms with E-state index >= 15 is 0 Å². The van der Waals surface area contributed by atoms with Gasteiger partial charge in [-0.2, -0.15) is 18.3 Å². The Morgan fingerprint density at radius 2 is 1.82 bits per heavy atom. The van der Waals surface area contributed by atoms with E-state index in [9.17, 15) is 18.0 Å². The van der Waals surface area contributed by atoms with Crippen molar-refractivity contribution >= 4 is 11.6 Å². The highest BCUT2D eigenvalue weighted by Crippen LogP contribution is 2.33. The maximum absolute atomic E-state index is 13.6. The van der Waals surface area contributed by atoms with E-state index in [1.165, 1.54) is 7.11 Å². The van der Waals surface area contributed by atoms with Crippen LogP contribution in [0.25, 0.3) is 16.9 Å². The summed E-state index contributed by atoms with van der Waals surface area (Å²) < 4.78 is 46.7. The van der Waals surface area contributed by atoms with Crippen molar-refractivity contribution in [2.24, 2.45) is 0 Å². The molecule has 2 aromatic heterocycles. The smallest absolute Gasteiger partial charge is 0.433 e. The molecule has 1 amide bonds. The molecule has 0 saturated carbocycles. The zero-order valence-electron chi connectivity index (χ0n) is 15.0. The van der Waals surface area contributed by atoms with E-state index in [2.05, 4.69) is 10.1 Å². The number of carbonyl (C=O) groups is 1. The van der Waals surface area contributed by atoms with Gasteiger partial charge in [0, 0.05) is 18.7 Å². The Morgan fingerprint density at radius 3 is 2.43 bits per heavy atom. The molecule has 3 heterocycles. The van der Waals surface area contributed by atoms with Gasteiger partial charge >= 0.3 is 6.18 Å². The number of hydrogen-bond acceptors (Lipinski definition) is 4. The van der Waals surface area contributed by atoms with Crippen molar-refractivity contribution < 1.29 is 22.7 Å². The van der Waals surface area contributed by atoms with Gasteiger partial charge in [0.2, 0.25) is 0 Å². The molecule has 4 rings (SSSR count). The number of rotatable bonds is 3. The molecule has 0 unspecified atom stereocenters. The SMILES string of the molecule is COc1ccc(-c2cc(C(F)(F)F)n3ncc(C(=O)N4CCCC4)c3n2)cc1. The monoisotopic (exact) mass is 390 g/mol. The molecule has 9 heteroatoms. The third-order valence-electron chi connectivity index (χ3n) is 4.77. The predicted molar refractivity (Wildman–Crippen MR) is 95.1 cm³/mol. The highest BCUT2D eigenvalue weighted by molar-refractivity contribution is 6.00. The maximum atomic E-state index is 13.6. The quantitative estimate of drug-likeness (QED) is 0.685. The van der Waals surface area contributed by atoms with Gasteiger partial charge in [-0.3, -0.25) is 4.79 Å². The first-order chi connectivity index (χ1) is 13.4. The molecule has 28 heavy (non-hydrogen) atoms. The normalized spacial score (nSPS) is 14.6. The van der Waals surface area contributed by atoms with Crippen LogP contribution < -0.4 is 4.74 Å². The predicted octanol–water partition coefficient (Wildman–Crippen LogP) is 3.66. The van der Waals surface area contributed by atoms with Gasteiger partial charge in [-0.15, -0.1) is 0 Å². The van der Waals surface area contributed by atoms with Crippen LogP contribution in [0.2, 0.25) is 0 Å². The van der Waals surface area contributed by atoms with Crippen molar-refractivity contribution in [3.8, 4) is 17.0 Å². The second-order valence-corrected chi connectivity index (χ2v) is 6.55. The molecule has 1 saturated heterocycles. The van der Waals surface area contributed by atoms with Crippen LogP contribution in [0.4, 0.5) is 13.2 Å². The molecular weight excluding hydrogens is 373 g/mol. The zero-order valence-corrected chi connectivity index (χ0v) is 15.0. The van der Waals surface area contributed by atoms with Gasteiger partial charge in [-0.05, 0) is 43.2 Å². The van der Waals surface area contributed by atoms with E-state index in [1.54, 1.807) is 29.2 Å². The maximum Gasteiger partial charge on any atom is 0.433 e. The number of fused-ring (bicyclic) bond motifs is 1. The van der Waals surface area contributed by atoms with Crippen LogP contribution in [0.3, 0.4) is 0 Å². The van der Waals surface area contributed by atoms with E-state index in [-0.39, 0.29) is 22.8 Å². The number of ether oxygens (including phenoxy) is 1. The Bertz CT molecular complexity index is 1020. The first-order valence-electron chi connectivity index (χ1n) is 8.78. The minimum atomic E-state index is -4.65. The van der Waals surface area contributed by atoms with Crippen LogP contribution in [0, 0.1) is 0 Å². The summed E-state index contributed by atoms with van der Waals surface area (Å²) in [5.74, 6) is 0.232. The van der Waals surface area contributed by atoms with Crippen LogP contribution in [0.5, 0.6) is 5.75 Å². The number of halogens is 3. The lowest BCUT2D eigenvalue weighted by atomic mass is 10.1. The van der Waals surface area contributed by atoms with Gasteiger partial charge in [0.1, 0.15) is 11.3 Å². The number of hydrogen-bond donors (Lipinski definition) is 0. The molecule has 6 nitrogen and oxygen atoms in total. The Morgan fingerprint density at radius 1 is 1.14 bits per heavy atom. The highest BCUT2D eigenvalue weighted by atomic mass is 19.4. The summed E-state index contributed by atoms with van der Waals surface area (Å²) in [4.78, 5) is 18.7. The molecule has 1 aromatic carbocycles. The lowest BCUT2D eigenvalue weighted by molar-refractivity contribution is -0.142. The molecule has 3 aromatic rings. The third-order valence-corrected chi connectivity index (χ3v) is 4.77. The summed E-state index contributed by atoms with van der Waals surface area (Å²) in [7, 11) is 1.50. The number of methoxy groups -OCH3 is 1. The molecule has 0 radical (unpaired) electrons. The lowest BCUT2D eigenvalue weighted by Gasteiger charge is -2.15. The van der Waals surface area contributed by atoms with Crippen molar-refractivity contribution in [2.45, 2.75) is 19.0 Å². The molecule has 0 N–H and O–H groups in total. The van der Waals surface area contributed by atoms with E-state index < -0.39 is 11.9 Å². The number of amides is 1. The van der Waals surface area contributed by atoms with Gasteiger partial charge in [0.05, 0.1) is 19.0 Å². The molecule has 1 aliphatic rings. The molecule has 1 aliphatic heterocycles. The average molecular weight is 390 g/mol. The standard InChI is InChI=1S/C19H17F3N4O2/c1-28-13-6-4-12(5-7-13)15-10-16(19(20,21)22)26-17(24-15)14(11-23-26)18(27)25-8-2-3-9-25/h4-7,10-11H,2-3,8-9H2,1H3. The summed E-state index contributed by atoms with van der Waals surface area (Å²) in [6, 6.07) is 7.46. The minimum absolute atomic E-state index is 0.0720. The molecule has 0 aliphatic carbocycles. The number of likely N-dealkylation sites (tertiary alicyclic amines) is 1. The van der Waals surface area contributed by atoms with Crippen LogP contribution in [0.1, 0.15) is 28.9 Å². The first-order valence-corrected chi connectivity index (χ1v) is 8.78. The molecule has 0 atom stereocenters. The summed E-state index contributed by atoms with van der Waals surface area (Å²) in [5.41, 5.74) is -0.419. The Kier molecular flexibility index (Phi) is 4.44. The fraction of sp³-hybridized carbons (Fsp3) is 0.316. The summed E-state index contributed by atoms with van der Waals surface area (Å²) in [5, 5.41) is 3.81. The molecule has 146 valence electrons. The van der Waals surface area contributed by atoms with Crippen molar-refractivity contribution in [1.29, 1.82) is 0 Å². The van der Waals surface area contributed by atoms with Gasteiger partial charge in [-0.1, -0.05) is 0 Å². The molecule has 0 bridgehead atoms. The number of alkyl halides is 3. The van der Waals surface area contributed by atoms with Crippen LogP contribution in [-0.2, 0) is 6.18 Å². The van der Waals surface area contributed by atoms with Crippen molar-refractivity contribution in [2.75, 3.05) is 20.2 Å². The lowest BCUT2D eigenvalue weighted by Crippen LogP contribution is -2.27. The number of aromatic nitrogens is 3. The van der Waals surface area contributed by atoms with E-state index in [1.807, 2.05) is 0 Å². The molecule has 0 spiro atoms. The number of benzene rings is 1. The van der Waals surface area contributed by atoms with Crippen LogP contribution >= 0.6 is 0 Å². The fourth-order valence-corrected chi connectivity index (χ4v) is 3.32. The minimum Gasteiger partial charge on any atom is -0.497 e. The largest absolute Gasteiger partial charge is 0.497 e. The van der Waals surface area contributed by atoms with Gasteiger partial charge in [-0.25, -0.2) is 9.50 Å². The van der Waals surface area contributed by atoms with Crippen molar-refractivity contribution in [3.63, 3.8) is 0 Å². The Hall–Kier alpha value is -3.10. The Balaban J connectivity index is 1.88. The highest BCUT2D eigenvalue weighted by Gasteiger charge is 2.36. The first kappa shape index (κ1) is 18.3. The molecule has 1 fully saturated rings. The van der Waals surface area contributed by atoms with Gasteiger partial charge in [0.25, 0.3) is 5.91 Å². The van der Waals surface area contributed by atoms with Crippen LogP contribution in [0.15, 0.2) is 36.5 Å². The average Bonchev–Trinajstić information content (AvgIpc) is 3.36. The number of nitrogens with zero attached hydrogens (tertiary/aromatic N) is 4. The van der Waals surface area contributed by atoms with E-state index in [0.29, 0.717) is 28.9 Å². The summed E-state index contributed by atoms with van der Waals surface area (Å²) >= 11 is 0. The van der Waals surface area contributed by atoms with E-state index in [4.69, 9.17) is 4.74 Å². The fourth-order valence-electron chi connectivity index (χ4n) is 3.32. The second-order valence-electron chi connectivity index (χ2n) is 6.55. The third kappa shape index (κ3) is 3.17.